The lowest BCUT2D eigenvalue weighted by Crippen LogP contribution is -2.25. The molecule has 3 rings (SSSR count). The summed E-state index contributed by atoms with van der Waals surface area (Å²) < 4.78 is 0. The molecule has 6 nitrogen and oxygen atoms in total. The van der Waals surface area contributed by atoms with Gasteiger partial charge in [-0.25, -0.2) is 9.97 Å². The fourth-order valence-electron chi connectivity index (χ4n) is 2.34. The number of nitrogens with one attached hydrogen (secondary N) is 1. The summed E-state index contributed by atoms with van der Waals surface area (Å²) in [6.07, 6.45) is 3.64. The molecule has 7 heteroatoms. The third-order valence-corrected chi connectivity index (χ3v) is 4.44. The number of rotatable bonds is 4. The van der Waals surface area contributed by atoms with E-state index in [9.17, 15) is 9.59 Å². The van der Waals surface area contributed by atoms with E-state index in [1.54, 1.807) is 36.5 Å². The van der Waals surface area contributed by atoms with E-state index in [1.165, 1.54) is 11.8 Å². The van der Waals surface area contributed by atoms with Crippen molar-refractivity contribution in [1.82, 2.24) is 14.9 Å². The Balaban J connectivity index is 1.66. The number of anilines is 1. The Morgan fingerprint density at radius 3 is 2.78 bits per heavy atom. The smallest absolute Gasteiger partial charge is 0.229 e. The molecule has 0 aliphatic carbocycles. The second-order valence-corrected chi connectivity index (χ2v) is 6.36. The predicted molar refractivity (Wildman–Crippen MR) is 87.0 cm³/mol. The molecule has 0 unspecified atom stereocenters. The molecule has 0 saturated carbocycles. The molecule has 1 N–H and O–H groups in total. The molecule has 23 heavy (non-hydrogen) atoms. The molecule has 1 atom stereocenters. The topological polar surface area (TPSA) is 75.2 Å². The number of nitrogens with zero attached hydrogens (tertiary/aromatic N) is 3. The van der Waals surface area contributed by atoms with Gasteiger partial charge in [0.15, 0.2) is 0 Å². The molecule has 2 aromatic heterocycles. The summed E-state index contributed by atoms with van der Waals surface area (Å²) in [5.41, 5.74) is 0.672. The van der Waals surface area contributed by atoms with E-state index in [2.05, 4.69) is 15.3 Å². The van der Waals surface area contributed by atoms with Crippen LogP contribution in [0.25, 0.3) is 0 Å². The molecule has 118 valence electrons. The molecule has 0 radical (unpaired) electrons. The van der Waals surface area contributed by atoms with Gasteiger partial charge < -0.3 is 10.2 Å². The second-order valence-electron chi connectivity index (χ2n) is 5.32. The molecule has 0 bridgehead atoms. The van der Waals surface area contributed by atoms with Gasteiger partial charge in [-0.3, -0.25) is 9.59 Å². The summed E-state index contributed by atoms with van der Waals surface area (Å²) in [7, 11) is 1.71. The fraction of sp³-hybridized carbons (Fsp3) is 0.250. The van der Waals surface area contributed by atoms with Crippen LogP contribution < -0.4 is 5.32 Å². The van der Waals surface area contributed by atoms with Crippen LogP contribution in [-0.2, 0) is 9.59 Å². The van der Waals surface area contributed by atoms with Gasteiger partial charge in [0.2, 0.25) is 11.8 Å². The maximum atomic E-state index is 12.2. The van der Waals surface area contributed by atoms with Crippen molar-refractivity contribution in [3.63, 3.8) is 0 Å². The van der Waals surface area contributed by atoms with Crippen LogP contribution in [0.1, 0.15) is 6.42 Å². The normalized spacial score (nSPS) is 17.3. The number of aromatic nitrogens is 2. The minimum absolute atomic E-state index is 0.00581. The van der Waals surface area contributed by atoms with Crippen molar-refractivity contribution < 1.29 is 9.59 Å². The second kappa shape index (κ2) is 6.78. The Labute approximate surface area is 138 Å². The van der Waals surface area contributed by atoms with E-state index in [4.69, 9.17) is 0 Å². The number of carbonyl (C=O) groups is 2. The predicted octanol–water partition coefficient (Wildman–Crippen LogP) is 2.04. The summed E-state index contributed by atoms with van der Waals surface area (Å²) in [6, 6.07) is 9.21. The van der Waals surface area contributed by atoms with Gasteiger partial charge in [0.1, 0.15) is 10.1 Å². The Hall–Kier alpha value is -2.41. The molecule has 1 aliphatic heterocycles. The molecule has 0 spiro atoms. The van der Waals surface area contributed by atoms with Crippen molar-refractivity contribution in [2.45, 2.75) is 16.5 Å². The fourth-order valence-corrected chi connectivity index (χ4v) is 3.12. The first-order valence-electron chi connectivity index (χ1n) is 7.21. The van der Waals surface area contributed by atoms with Crippen molar-refractivity contribution in [2.75, 3.05) is 18.9 Å². The van der Waals surface area contributed by atoms with E-state index in [-0.39, 0.29) is 24.2 Å². The maximum Gasteiger partial charge on any atom is 0.229 e. The van der Waals surface area contributed by atoms with Crippen molar-refractivity contribution in [3.8, 4) is 0 Å². The van der Waals surface area contributed by atoms with Gasteiger partial charge in [-0.1, -0.05) is 17.8 Å². The van der Waals surface area contributed by atoms with Gasteiger partial charge in [-0.2, -0.15) is 0 Å². The van der Waals surface area contributed by atoms with E-state index in [0.29, 0.717) is 12.2 Å². The monoisotopic (exact) mass is 328 g/mol. The van der Waals surface area contributed by atoms with E-state index >= 15 is 0 Å². The summed E-state index contributed by atoms with van der Waals surface area (Å²) >= 11 is 1.43. The van der Waals surface area contributed by atoms with Crippen LogP contribution in [0.15, 0.2) is 52.8 Å². The summed E-state index contributed by atoms with van der Waals surface area (Å²) in [5.74, 6) is -0.429. The summed E-state index contributed by atoms with van der Waals surface area (Å²) in [6.45, 7) is 0.464. The maximum absolute atomic E-state index is 12.2. The van der Waals surface area contributed by atoms with Crippen LogP contribution in [0, 0.1) is 5.92 Å². The Morgan fingerprint density at radius 1 is 1.26 bits per heavy atom. The number of amides is 2. The molecule has 1 saturated heterocycles. The van der Waals surface area contributed by atoms with E-state index in [1.807, 2.05) is 18.2 Å². The van der Waals surface area contributed by atoms with Crippen molar-refractivity contribution >= 4 is 29.3 Å². The van der Waals surface area contributed by atoms with Gasteiger partial charge in [0, 0.05) is 38.1 Å². The number of hydrogen-bond donors (Lipinski definition) is 1. The standard InChI is InChI=1S/C16H16N4O2S/c1-20-10-11(8-15(20)21)16(22)19-12-5-7-18-14(9-12)23-13-4-2-3-6-17-13/h2-7,9,11H,8,10H2,1H3,(H,18,19,22)/t11-/m1/s1. The first kappa shape index (κ1) is 15.5. The average molecular weight is 328 g/mol. The first-order chi connectivity index (χ1) is 11.1. The SMILES string of the molecule is CN1C[C@H](C(=O)Nc2ccnc(Sc3ccccn3)c2)CC1=O. The van der Waals surface area contributed by atoms with Gasteiger partial charge in [0.25, 0.3) is 0 Å². The minimum Gasteiger partial charge on any atom is -0.345 e. The zero-order chi connectivity index (χ0) is 16.2. The average Bonchev–Trinajstić information content (AvgIpc) is 2.88. The minimum atomic E-state index is -0.299. The lowest BCUT2D eigenvalue weighted by Gasteiger charge is -2.11. The van der Waals surface area contributed by atoms with Crippen LogP contribution in [-0.4, -0.2) is 40.3 Å². The van der Waals surface area contributed by atoms with Gasteiger partial charge in [-0.15, -0.1) is 0 Å². The number of hydrogen-bond acceptors (Lipinski definition) is 5. The highest BCUT2D eigenvalue weighted by Gasteiger charge is 2.32. The van der Waals surface area contributed by atoms with Crippen molar-refractivity contribution in [3.05, 3.63) is 42.7 Å². The van der Waals surface area contributed by atoms with Crippen LogP contribution in [0.3, 0.4) is 0 Å². The van der Waals surface area contributed by atoms with Crippen LogP contribution in [0.4, 0.5) is 5.69 Å². The molecule has 0 aromatic carbocycles. The van der Waals surface area contributed by atoms with Crippen LogP contribution >= 0.6 is 11.8 Å². The molecule has 3 heterocycles. The zero-order valence-electron chi connectivity index (χ0n) is 12.6. The van der Waals surface area contributed by atoms with Crippen LogP contribution in [0.2, 0.25) is 0 Å². The first-order valence-corrected chi connectivity index (χ1v) is 8.03. The molecular weight excluding hydrogens is 312 g/mol. The largest absolute Gasteiger partial charge is 0.345 e. The summed E-state index contributed by atoms with van der Waals surface area (Å²) in [5, 5.41) is 4.45. The number of pyridine rings is 2. The molecular formula is C16H16N4O2S. The highest BCUT2D eigenvalue weighted by Crippen LogP contribution is 2.26. The molecule has 2 amide bonds. The zero-order valence-corrected chi connectivity index (χ0v) is 13.4. The molecule has 2 aromatic rings. The number of likely N-dealkylation sites (tertiary alicyclic amines) is 1. The highest BCUT2D eigenvalue weighted by atomic mass is 32.2. The lowest BCUT2D eigenvalue weighted by atomic mass is 10.1. The quantitative estimate of drug-likeness (QED) is 0.929. The van der Waals surface area contributed by atoms with Crippen molar-refractivity contribution in [2.24, 2.45) is 5.92 Å². The third kappa shape index (κ3) is 3.87. The molecule has 1 fully saturated rings. The van der Waals surface area contributed by atoms with Gasteiger partial charge in [-0.05, 0) is 24.3 Å². The Morgan fingerprint density at radius 2 is 2.09 bits per heavy atom. The van der Waals surface area contributed by atoms with Crippen molar-refractivity contribution in [1.29, 1.82) is 0 Å². The van der Waals surface area contributed by atoms with Gasteiger partial charge in [0.05, 0.1) is 5.92 Å². The Bertz CT molecular complexity index is 723. The summed E-state index contributed by atoms with van der Waals surface area (Å²) in [4.78, 5) is 33.9. The van der Waals surface area contributed by atoms with E-state index < -0.39 is 0 Å². The van der Waals surface area contributed by atoms with E-state index in [0.717, 1.165) is 10.1 Å². The third-order valence-electron chi connectivity index (χ3n) is 3.56. The highest BCUT2D eigenvalue weighted by molar-refractivity contribution is 7.99. The lowest BCUT2D eigenvalue weighted by molar-refractivity contribution is -0.127. The number of carbonyl (C=O) groups excluding carboxylic acids is 2. The van der Waals surface area contributed by atoms with Gasteiger partial charge >= 0.3 is 0 Å². The Kier molecular flexibility index (Phi) is 4.57. The van der Waals surface area contributed by atoms with Crippen LogP contribution in [0.5, 0.6) is 0 Å². The molecule has 1 aliphatic rings.